The van der Waals surface area contributed by atoms with Gasteiger partial charge >= 0.3 is 0 Å². The van der Waals surface area contributed by atoms with Gasteiger partial charge in [-0.05, 0) is 29.3 Å². The molecule has 28 heavy (non-hydrogen) atoms. The van der Waals surface area contributed by atoms with Gasteiger partial charge in [0.1, 0.15) is 11.8 Å². The number of hydrogen-bond donors (Lipinski definition) is 1. The minimum atomic E-state index is 0.247. The second-order valence-corrected chi connectivity index (χ2v) is 10.3. The van der Waals surface area contributed by atoms with Gasteiger partial charge in [0, 0.05) is 19.6 Å². The topological polar surface area (TPSA) is 68.5 Å². The summed E-state index contributed by atoms with van der Waals surface area (Å²) in [5.74, 6) is 0. The first kappa shape index (κ1) is 19.6. The van der Waals surface area contributed by atoms with Crippen molar-refractivity contribution in [1.29, 1.82) is 0 Å². The van der Waals surface area contributed by atoms with Gasteiger partial charge in [0.25, 0.3) is 0 Å². The van der Waals surface area contributed by atoms with Crippen molar-refractivity contribution >= 4 is 56.1 Å². The zero-order valence-corrected chi connectivity index (χ0v) is 18.3. The molecule has 0 fully saturated rings. The van der Waals surface area contributed by atoms with E-state index in [-0.39, 0.29) is 5.41 Å². The Labute approximate surface area is 176 Å². The molecule has 0 saturated carbocycles. The number of thiazole rings is 1. The van der Waals surface area contributed by atoms with Crippen molar-refractivity contribution in [2.24, 2.45) is 5.41 Å². The van der Waals surface area contributed by atoms with Crippen molar-refractivity contribution in [2.75, 3.05) is 13.1 Å². The molecule has 0 atom stereocenters. The van der Waals surface area contributed by atoms with E-state index in [0.717, 1.165) is 55.5 Å². The first-order chi connectivity index (χ1) is 13.4. The molecular weight excluding hydrogens is 412 g/mol. The van der Waals surface area contributed by atoms with Crippen LogP contribution in [0.3, 0.4) is 0 Å². The monoisotopic (exact) mass is 432 g/mol. The summed E-state index contributed by atoms with van der Waals surface area (Å²) in [5.41, 5.74) is 2.79. The normalized spacial score (nSPS) is 12.3. The predicted molar refractivity (Wildman–Crippen MR) is 116 cm³/mol. The fourth-order valence-electron chi connectivity index (χ4n) is 2.81. The van der Waals surface area contributed by atoms with E-state index in [0.29, 0.717) is 0 Å². The highest BCUT2D eigenvalue weighted by Crippen LogP contribution is 2.37. The van der Waals surface area contributed by atoms with Gasteiger partial charge in [0.2, 0.25) is 0 Å². The Balaban J connectivity index is 1.61. The zero-order valence-electron chi connectivity index (χ0n) is 15.9. The average Bonchev–Trinajstić information content (AvgIpc) is 3.20. The summed E-state index contributed by atoms with van der Waals surface area (Å²) in [6.45, 7) is 9.23. The maximum Gasteiger partial charge on any atom is 0.177 e. The van der Waals surface area contributed by atoms with Crippen LogP contribution in [-0.4, -0.2) is 37.6 Å². The number of rotatable bonds is 6. The second-order valence-electron chi connectivity index (χ2n) is 7.68. The van der Waals surface area contributed by atoms with E-state index in [1.807, 2.05) is 18.2 Å². The predicted octanol–water partition coefficient (Wildman–Crippen LogP) is 4.88. The number of hydrogen-bond acceptors (Lipinski definition) is 7. The smallest absolute Gasteiger partial charge is 0.177 e. The molecule has 9 heteroatoms. The first-order valence-corrected chi connectivity index (χ1v) is 11.0. The molecule has 0 saturated heterocycles. The molecule has 0 aliphatic heterocycles. The molecule has 1 aromatic carbocycles. The number of fused-ring (bicyclic) bond motifs is 2. The van der Waals surface area contributed by atoms with Crippen molar-refractivity contribution in [3.05, 3.63) is 35.7 Å². The van der Waals surface area contributed by atoms with Gasteiger partial charge in [0.05, 0.1) is 21.4 Å². The minimum absolute atomic E-state index is 0.247. The van der Waals surface area contributed by atoms with Crippen LogP contribution in [0.1, 0.15) is 20.8 Å². The maximum absolute atomic E-state index is 6.30. The van der Waals surface area contributed by atoms with E-state index < -0.39 is 0 Å². The summed E-state index contributed by atoms with van der Waals surface area (Å²) in [5, 5.41) is 5.11. The lowest BCUT2D eigenvalue weighted by Gasteiger charge is -2.19. The number of nitrogens with zero attached hydrogens (tertiary/aromatic N) is 5. The lowest BCUT2D eigenvalue weighted by Crippen LogP contribution is -2.29. The van der Waals surface area contributed by atoms with E-state index in [2.05, 4.69) is 40.6 Å². The van der Waals surface area contributed by atoms with Gasteiger partial charge in [-0.2, -0.15) is 0 Å². The molecule has 0 unspecified atom stereocenters. The molecule has 0 amide bonds. The maximum atomic E-state index is 6.30. The molecule has 3 heterocycles. The van der Waals surface area contributed by atoms with Crippen LogP contribution in [0.2, 0.25) is 5.02 Å². The molecule has 0 aliphatic rings. The molecule has 4 aromatic rings. The number of imidazole rings is 1. The van der Waals surface area contributed by atoms with Gasteiger partial charge in [-0.3, -0.25) is 0 Å². The number of benzene rings is 1. The van der Waals surface area contributed by atoms with Gasteiger partial charge < -0.3 is 9.88 Å². The molecule has 0 bridgehead atoms. The van der Waals surface area contributed by atoms with E-state index in [1.54, 1.807) is 35.6 Å². The summed E-state index contributed by atoms with van der Waals surface area (Å²) in [6, 6.07) is 5.79. The molecular formula is C19H21ClN6S2. The standard InChI is InChI=1S/C19H21ClN6S2/c1-19(2,3)10-21-7-8-26-16-14(9-22-11-23-16)24-17(26)28-18-25-13-6-4-5-12(20)15(13)27-18/h4-6,9,11,21H,7-8,10H2,1-3H3. The molecule has 0 aliphatic carbocycles. The Morgan fingerprint density at radius 2 is 2.07 bits per heavy atom. The zero-order chi connectivity index (χ0) is 19.7. The highest BCUT2D eigenvalue weighted by Gasteiger charge is 2.16. The fraction of sp³-hybridized carbons (Fsp3) is 0.368. The van der Waals surface area contributed by atoms with Gasteiger partial charge in [-0.25, -0.2) is 19.9 Å². The van der Waals surface area contributed by atoms with Crippen molar-refractivity contribution < 1.29 is 0 Å². The van der Waals surface area contributed by atoms with Crippen molar-refractivity contribution in [3.8, 4) is 0 Å². The molecule has 3 aromatic heterocycles. The molecule has 6 nitrogen and oxygen atoms in total. The Hall–Kier alpha value is -1.74. The Morgan fingerprint density at radius 1 is 1.21 bits per heavy atom. The van der Waals surface area contributed by atoms with E-state index in [9.17, 15) is 0 Å². The van der Waals surface area contributed by atoms with Gasteiger partial charge in [-0.15, -0.1) is 11.3 Å². The summed E-state index contributed by atoms with van der Waals surface area (Å²) < 4.78 is 4.04. The average molecular weight is 433 g/mol. The Bertz CT molecular complexity index is 1110. The number of nitrogens with one attached hydrogen (secondary N) is 1. The van der Waals surface area contributed by atoms with Crippen LogP contribution >= 0.6 is 34.7 Å². The van der Waals surface area contributed by atoms with Crippen molar-refractivity contribution in [1.82, 2.24) is 29.8 Å². The van der Waals surface area contributed by atoms with Crippen LogP contribution in [0.5, 0.6) is 0 Å². The SMILES string of the molecule is CC(C)(C)CNCCn1c(Sc2nc3cccc(Cl)c3s2)nc2cncnc21. The first-order valence-electron chi connectivity index (χ1n) is 9.00. The number of aromatic nitrogens is 5. The molecule has 0 spiro atoms. The quantitative estimate of drug-likeness (QED) is 0.438. The van der Waals surface area contributed by atoms with Crippen LogP contribution in [0.4, 0.5) is 0 Å². The van der Waals surface area contributed by atoms with Crippen LogP contribution < -0.4 is 5.32 Å². The fourth-order valence-corrected chi connectivity index (χ4v) is 5.17. The molecule has 146 valence electrons. The Kier molecular flexibility index (Phi) is 5.55. The lowest BCUT2D eigenvalue weighted by molar-refractivity contribution is 0.375. The van der Waals surface area contributed by atoms with E-state index >= 15 is 0 Å². The molecule has 1 N–H and O–H groups in total. The third-order valence-corrected chi connectivity index (χ3v) is 6.65. The van der Waals surface area contributed by atoms with Crippen LogP contribution in [0.15, 0.2) is 40.2 Å². The van der Waals surface area contributed by atoms with Crippen LogP contribution in [-0.2, 0) is 6.54 Å². The van der Waals surface area contributed by atoms with Crippen molar-refractivity contribution in [2.45, 2.75) is 36.8 Å². The third-order valence-electron chi connectivity index (χ3n) is 4.07. The number of halogens is 1. The highest BCUT2D eigenvalue weighted by atomic mass is 35.5. The summed E-state index contributed by atoms with van der Waals surface area (Å²) in [6.07, 6.45) is 3.32. The van der Waals surface area contributed by atoms with Crippen molar-refractivity contribution in [3.63, 3.8) is 0 Å². The molecule has 4 rings (SSSR count). The highest BCUT2D eigenvalue weighted by molar-refractivity contribution is 8.01. The van der Waals surface area contributed by atoms with E-state index in [1.165, 1.54) is 0 Å². The lowest BCUT2D eigenvalue weighted by atomic mass is 9.97. The van der Waals surface area contributed by atoms with Gasteiger partial charge in [-0.1, -0.05) is 38.4 Å². The molecule has 0 radical (unpaired) electrons. The second kappa shape index (κ2) is 7.94. The van der Waals surface area contributed by atoms with Crippen LogP contribution in [0.25, 0.3) is 21.4 Å². The third kappa shape index (κ3) is 4.30. The Morgan fingerprint density at radius 3 is 2.86 bits per heavy atom. The van der Waals surface area contributed by atoms with E-state index in [4.69, 9.17) is 21.6 Å². The summed E-state index contributed by atoms with van der Waals surface area (Å²) in [4.78, 5) is 18.0. The van der Waals surface area contributed by atoms with Crippen LogP contribution in [0, 0.1) is 5.41 Å². The largest absolute Gasteiger partial charge is 0.314 e. The minimum Gasteiger partial charge on any atom is -0.314 e. The summed E-state index contributed by atoms with van der Waals surface area (Å²) in [7, 11) is 0. The van der Waals surface area contributed by atoms with Gasteiger partial charge in [0.15, 0.2) is 15.1 Å². The summed E-state index contributed by atoms with van der Waals surface area (Å²) >= 11 is 9.43.